The minimum atomic E-state index is -3.10. The minimum absolute atomic E-state index is 0.00963. The van der Waals surface area contributed by atoms with Crippen LogP contribution in [0.25, 0.3) is 0 Å². The van der Waals surface area contributed by atoms with Gasteiger partial charge in [-0.05, 0) is 18.6 Å². The van der Waals surface area contributed by atoms with Gasteiger partial charge in [-0.2, -0.15) is 0 Å². The molecule has 0 aliphatic carbocycles. The van der Waals surface area contributed by atoms with E-state index in [9.17, 15) is 17.6 Å². The van der Waals surface area contributed by atoms with E-state index in [0.29, 0.717) is 6.42 Å². The number of hydrogen-bond donors (Lipinski definition) is 0. The van der Waals surface area contributed by atoms with Gasteiger partial charge < -0.3 is 0 Å². The summed E-state index contributed by atoms with van der Waals surface area (Å²) in [5, 5.41) is 0. The van der Waals surface area contributed by atoms with Crippen molar-refractivity contribution in [2.75, 3.05) is 11.5 Å². The Hall–Kier alpha value is -1.23. The summed E-state index contributed by atoms with van der Waals surface area (Å²) in [6.07, 6.45) is 0.301. The number of sulfone groups is 1. The Morgan fingerprint density at radius 2 is 2.00 bits per heavy atom. The monoisotopic (exact) mass is 242 g/mol. The Morgan fingerprint density at radius 3 is 2.56 bits per heavy atom. The van der Waals surface area contributed by atoms with Crippen molar-refractivity contribution in [2.24, 2.45) is 5.92 Å². The Labute approximate surface area is 93.2 Å². The van der Waals surface area contributed by atoms with Crippen LogP contribution in [-0.2, 0) is 9.84 Å². The highest BCUT2D eigenvalue weighted by molar-refractivity contribution is 7.91. The first-order valence-corrected chi connectivity index (χ1v) is 6.81. The topological polar surface area (TPSA) is 51.2 Å². The van der Waals surface area contributed by atoms with E-state index in [4.69, 9.17) is 0 Å². The average Bonchev–Trinajstić information content (AvgIpc) is 2.59. The van der Waals surface area contributed by atoms with Gasteiger partial charge in [0.15, 0.2) is 15.6 Å². The van der Waals surface area contributed by atoms with E-state index in [1.54, 1.807) is 6.07 Å². The third-order valence-electron chi connectivity index (χ3n) is 2.74. The van der Waals surface area contributed by atoms with Crippen LogP contribution in [0.15, 0.2) is 24.3 Å². The van der Waals surface area contributed by atoms with E-state index in [-0.39, 0.29) is 17.1 Å². The Balaban J connectivity index is 2.25. The van der Waals surface area contributed by atoms with Crippen LogP contribution in [-0.4, -0.2) is 25.7 Å². The molecule has 86 valence electrons. The summed E-state index contributed by atoms with van der Waals surface area (Å²) in [5.41, 5.74) is -0.00963. The van der Waals surface area contributed by atoms with E-state index in [1.807, 2.05) is 0 Å². The summed E-state index contributed by atoms with van der Waals surface area (Å²) >= 11 is 0. The maximum absolute atomic E-state index is 13.3. The lowest BCUT2D eigenvalue weighted by atomic mass is 9.97. The second-order valence-electron chi connectivity index (χ2n) is 3.94. The minimum Gasteiger partial charge on any atom is -0.294 e. The van der Waals surface area contributed by atoms with Gasteiger partial charge >= 0.3 is 0 Å². The fourth-order valence-corrected chi connectivity index (χ4v) is 3.62. The normalized spacial score (nSPS) is 23.2. The van der Waals surface area contributed by atoms with Gasteiger partial charge in [-0.25, -0.2) is 12.8 Å². The Morgan fingerprint density at radius 1 is 1.31 bits per heavy atom. The lowest BCUT2D eigenvalue weighted by Crippen LogP contribution is -2.17. The Bertz CT molecular complexity index is 522. The van der Waals surface area contributed by atoms with Crippen LogP contribution in [0.1, 0.15) is 16.8 Å². The molecule has 3 nitrogen and oxygen atoms in total. The first-order chi connectivity index (χ1) is 7.49. The number of halogens is 1. The van der Waals surface area contributed by atoms with Gasteiger partial charge in [-0.3, -0.25) is 4.79 Å². The molecule has 0 amide bonds. The van der Waals surface area contributed by atoms with E-state index < -0.39 is 27.4 Å². The molecule has 1 aliphatic rings. The number of carbonyl (C=O) groups excluding carboxylic acids is 1. The zero-order valence-corrected chi connectivity index (χ0v) is 9.34. The summed E-state index contributed by atoms with van der Waals surface area (Å²) in [6.45, 7) is 0. The molecule has 0 radical (unpaired) electrons. The van der Waals surface area contributed by atoms with Crippen LogP contribution in [0.3, 0.4) is 0 Å². The first kappa shape index (κ1) is 11.3. The summed E-state index contributed by atoms with van der Waals surface area (Å²) in [7, 11) is -3.10. The van der Waals surface area contributed by atoms with Crippen molar-refractivity contribution < 1.29 is 17.6 Å². The van der Waals surface area contributed by atoms with Gasteiger partial charge in [0, 0.05) is 5.92 Å². The molecule has 16 heavy (non-hydrogen) atoms. The third-order valence-corrected chi connectivity index (χ3v) is 4.51. The van der Waals surface area contributed by atoms with Crippen molar-refractivity contribution in [3.05, 3.63) is 35.6 Å². The largest absolute Gasteiger partial charge is 0.294 e. The van der Waals surface area contributed by atoms with Crippen molar-refractivity contribution in [1.29, 1.82) is 0 Å². The number of rotatable bonds is 2. The number of benzene rings is 1. The molecule has 2 rings (SSSR count). The molecule has 1 atom stereocenters. The maximum Gasteiger partial charge on any atom is 0.169 e. The molecule has 1 fully saturated rings. The van der Waals surface area contributed by atoms with Crippen molar-refractivity contribution in [3.63, 3.8) is 0 Å². The predicted octanol–water partition coefficient (Wildman–Crippen LogP) is 1.44. The molecule has 1 unspecified atom stereocenters. The van der Waals surface area contributed by atoms with Crippen molar-refractivity contribution in [1.82, 2.24) is 0 Å². The van der Waals surface area contributed by atoms with Crippen LogP contribution >= 0.6 is 0 Å². The number of ketones is 1. The van der Waals surface area contributed by atoms with Crippen LogP contribution in [0.2, 0.25) is 0 Å². The molecule has 0 spiro atoms. The van der Waals surface area contributed by atoms with Crippen LogP contribution in [0.4, 0.5) is 4.39 Å². The lowest BCUT2D eigenvalue weighted by molar-refractivity contribution is 0.0929. The van der Waals surface area contributed by atoms with Gasteiger partial charge in [0.1, 0.15) is 5.82 Å². The number of hydrogen-bond acceptors (Lipinski definition) is 3. The highest BCUT2D eigenvalue weighted by atomic mass is 32.2. The third kappa shape index (κ3) is 2.14. The Kier molecular flexibility index (Phi) is 2.80. The molecule has 0 saturated carbocycles. The van der Waals surface area contributed by atoms with Crippen LogP contribution < -0.4 is 0 Å². The van der Waals surface area contributed by atoms with Crippen molar-refractivity contribution in [3.8, 4) is 0 Å². The number of carbonyl (C=O) groups is 1. The van der Waals surface area contributed by atoms with Gasteiger partial charge in [0.05, 0.1) is 17.1 Å². The lowest BCUT2D eigenvalue weighted by Gasteiger charge is -2.06. The first-order valence-electron chi connectivity index (χ1n) is 4.99. The summed E-state index contributed by atoms with van der Waals surface area (Å²) in [5.74, 6) is -1.70. The molecular weight excluding hydrogens is 231 g/mol. The summed E-state index contributed by atoms with van der Waals surface area (Å²) < 4.78 is 35.7. The zero-order chi connectivity index (χ0) is 11.8. The number of Topliss-reactive ketones (excluding diaryl/α,β-unsaturated/α-hetero) is 1. The quantitative estimate of drug-likeness (QED) is 0.737. The molecular formula is C11H11FO3S. The molecule has 1 aromatic rings. The average molecular weight is 242 g/mol. The predicted molar refractivity (Wildman–Crippen MR) is 57.5 cm³/mol. The van der Waals surface area contributed by atoms with Crippen LogP contribution in [0, 0.1) is 11.7 Å². The van der Waals surface area contributed by atoms with Crippen molar-refractivity contribution in [2.45, 2.75) is 6.42 Å². The molecule has 1 aliphatic heterocycles. The maximum atomic E-state index is 13.3. The summed E-state index contributed by atoms with van der Waals surface area (Å²) in [4.78, 5) is 11.9. The van der Waals surface area contributed by atoms with Gasteiger partial charge in [0.2, 0.25) is 0 Å². The van der Waals surface area contributed by atoms with Crippen LogP contribution in [0.5, 0.6) is 0 Å². The smallest absolute Gasteiger partial charge is 0.169 e. The van der Waals surface area contributed by atoms with Gasteiger partial charge in [0.25, 0.3) is 0 Å². The van der Waals surface area contributed by atoms with Gasteiger partial charge in [-0.15, -0.1) is 0 Å². The summed E-state index contributed by atoms with van der Waals surface area (Å²) in [6, 6.07) is 5.66. The molecule has 1 aromatic carbocycles. The second-order valence-corrected chi connectivity index (χ2v) is 6.17. The van der Waals surface area contributed by atoms with E-state index in [2.05, 4.69) is 0 Å². The molecule has 1 saturated heterocycles. The highest BCUT2D eigenvalue weighted by Crippen LogP contribution is 2.23. The SMILES string of the molecule is O=C(c1ccccc1F)C1CCS(=O)(=O)C1. The van der Waals surface area contributed by atoms with E-state index in [0.717, 1.165) is 0 Å². The molecule has 0 bridgehead atoms. The molecule has 0 N–H and O–H groups in total. The molecule has 1 heterocycles. The highest BCUT2D eigenvalue weighted by Gasteiger charge is 2.34. The fraction of sp³-hybridized carbons (Fsp3) is 0.364. The fourth-order valence-electron chi connectivity index (χ4n) is 1.88. The molecule has 5 heteroatoms. The van der Waals surface area contributed by atoms with Gasteiger partial charge in [-0.1, -0.05) is 12.1 Å². The van der Waals surface area contributed by atoms with Crippen molar-refractivity contribution >= 4 is 15.6 Å². The molecule has 0 aromatic heterocycles. The van der Waals surface area contributed by atoms with E-state index in [1.165, 1.54) is 18.2 Å². The standard InChI is InChI=1S/C11H11FO3S/c12-10-4-2-1-3-9(10)11(13)8-5-6-16(14,15)7-8/h1-4,8H,5-7H2. The second kappa shape index (κ2) is 3.97. The zero-order valence-electron chi connectivity index (χ0n) is 8.52. The van der Waals surface area contributed by atoms with E-state index >= 15 is 0 Å².